The van der Waals surface area contributed by atoms with E-state index in [4.69, 9.17) is 12.2 Å². The molecule has 0 unspecified atom stereocenters. The predicted octanol–water partition coefficient (Wildman–Crippen LogP) is 4.55. The van der Waals surface area contributed by atoms with E-state index < -0.39 is 0 Å². The van der Waals surface area contributed by atoms with Crippen LogP contribution in [0.5, 0.6) is 0 Å². The van der Waals surface area contributed by atoms with Gasteiger partial charge in [0.2, 0.25) is 0 Å². The number of anilines is 1. The van der Waals surface area contributed by atoms with Gasteiger partial charge in [-0.15, -0.1) is 0 Å². The van der Waals surface area contributed by atoms with Crippen molar-refractivity contribution in [2.45, 2.75) is 33.7 Å². The molecular formula is C19H22N2OS. The molecule has 3 nitrogen and oxygen atoms in total. The average molecular weight is 326 g/mol. The number of ketones is 1. The summed E-state index contributed by atoms with van der Waals surface area (Å²) >= 11 is 5.38. The number of benzene rings is 2. The van der Waals surface area contributed by atoms with Crippen LogP contribution in [0.15, 0.2) is 42.5 Å². The van der Waals surface area contributed by atoms with Gasteiger partial charge in [0, 0.05) is 11.3 Å². The minimum Gasteiger partial charge on any atom is -0.356 e. The summed E-state index contributed by atoms with van der Waals surface area (Å²) in [4.78, 5) is 11.3. The van der Waals surface area contributed by atoms with E-state index in [0.29, 0.717) is 10.7 Å². The largest absolute Gasteiger partial charge is 0.356 e. The minimum atomic E-state index is 0.0563. The number of rotatable bonds is 4. The lowest BCUT2D eigenvalue weighted by Crippen LogP contribution is -2.31. The Hall–Kier alpha value is -2.20. The SMILES string of the molecule is CC(=O)c1ccc(NC(=S)N[C@@H](C)c2cc(C)ccc2C)cc1. The van der Waals surface area contributed by atoms with Gasteiger partial charge in [-0.2, -0.15) is 0 Å². The van der Waals surface area contributed by atoms with Crippen molar-refractivity contribution >= 4 is 28.8 Å². The molecule has 4 heteroatoms. The van der Waals surface area contributed by atoms with Crippen molar-refractivity contribution < 1.29 is 4.79 Å². The first-order chi connectivity index (χ1) is 10.9. The average Bonchev–Trinajstić information content (AvgIpc) is 2.50. The number of hydrogen-bond acceptors (Lipinski definition) is 2. The van der Waals surface area contributed by atoms with Crippen LogP contribution in [-0.4, -0.2) is 10.9 Å². The van der Waals surface area contributed by atoms with Crippen LogP contribution in [0.25, 0.3) is 0 Å². The van der Waals surface area contributed by atoms with Gasteiger partial charge < -0.3 is 10.6 Å². The number of nitrogens with one attached hydrogen (secondary N) is 2. The van der Waals surface area contributed by atoms with E-state index in [-0.39, 0.29) is 11.8 Å². The third-order valence-electron chi connectivity index (χ3n) is 3.80. The third kappa shape index (κ3) is 4.63. The number of thiocarbonyl (C=S) groups is 1. The van der Waals surface area contributed by atoms with Crippen molar-refractivity contribution in [2.75, 3.05) is 5.32 Å². The van der Waals surface area contributed by atoms with Crippen LogP contribution in [0, 0.1) is 13.8 Å². The molecule has 2 aromatic carbocycles. The molecule has 0 amide bonds. The number of aryl methyl sites for hydroxylation is 2. The number of carbonyl (C=O) groups is 1. The monoisotopic (exact) mass is 326 g/mol. The van der Waals surface area contributed by atoms with Gasteiger partial charge in [0.25, 0.3) is 0 Å². The van der Waals surface area contributed by atoms with Crippen LogP contribution >= 0.6 is 12.2 Å². The van der Waals surface area contributed by atoms with Crippen LogP contribution < -0.4 is 10.6 Å². The highest BCUT2D eigenvalue weighted by atomic mass is 32.1. The summed E-state index contributed by atoms with van der Waals surface area (Å²) in [6.07, 6.45) is 0. The Kier molecular flexibility index (Phi) is 5.50. The van der Waals surface area contributed by atoms with Crippen LogP contribution in [0.1, 0.15) is 46.9 Å². The zero-order valence-corrected chi connectivity index (χ0v) is 14.8. The molecule has 0 spiro atoms. The molecule has 2 N–H and O–H groups in total. The maximum atomic E-state index is 11.3. The molecule has 0 bridgehead atoms. The van der Waals surface area contributed by atoms with E-state index in [1.165, 1.54) is 16.7 Å². The van der Waals surface area contributed by atoms with Crippen molar-refractivity contribution in [3.05, 3.63) is 64.7 Å². The highest BCUT2D eigenvalue weighted by Gasteiger charge is 2.10. The topological polar surface area (TPSA) is 41.1 Å². The minimum absolute atomic E-state index is 0.0563. The van der Waals surface area contributed by atoms with Crippen LogP contribution in [0.3, 0.4) is 0 Å². The fourth-order valence-electron chi connectivity index (χ4n) is 2.46. The lowest BCUT2D eigenvalue weighted by atomic mass is 10.0. The molecule has 23 heavy (non-hydrogen) atoms. The second-order valence-electron chi connectivity index (χ2n) is 5.81. The predicted molar refractivity (Wildman–Crippen MR) is 100 cm³/mol. The lowest BCUT2D eigenvalue weighted by Gasteiger charge is -2.19. The summed E-state index contributed by atoms with van der Waals surface area (Å²) in [5.74, 6) is 0.0563. The van der Waals surface area contributed by atoms with E-state index in [2.05, 4.69) is 49.6 Å². The van der Waals surface area contributed by atoms with E-state index in [0.717, 1.165) is 5.69 Å². The van der Waals surface area contributed by atoms with Crippen molar-refractivity contribution in [3.8, 4) is 0 Å². The zero-order valence-electron chi connectivity index (χ0n) is 13.9. The Morgan fingerprint density at radius 3 is 2.35 bits per heavy atom. The van der Waals surface area contributed by atoms with E-state index in [1.54, 1.807) is 19.1 Å². The second-order valence-corrected chi connectivity index (χ2v) is 6.22. The molecule has 0 radical (unpaired) electrons. The van der Waals surface area contributed by atoms with Crippen molar-refractivity contribution in [1.82, 2.24) is 5.32 Å². The van der Waals surface area contributed by atoms with Crippen molar-refractivity contribution in [3.63, 3.8) is 0 Å². The summed E-state index contributed by atoms with van der Waals surface area (Å²) in [6, 6.07) is 13.8. The molecule has 0 heterocycles. The molecule has 2 rings (SSSR count). The molecule has 120 valence electrons. The number of Topliss-reactive ketones (excluding diaryl/α,β-unsaturated/α-hetero) is 1. The Morgan fingerprint density at radius 1 is 1.09 bits per heavy atom. The summed E-state index contributed by atoms with van der Waals surface area (Å²) in [5, 5.41) is 7.02. The van der Waals surface area contributed by atoms with Crippen LogP contribution in [0.2, 0.25) is 0 Å². The summed E-state index contributed by atoms with van der Waals surface area (Å²) in [6.45, 7) is 7.84. The van der Waals surface area contributed by atoms with Gasteiger partial charge in [0.05, 0.1) is 6.04 Å². The molecule has 1 atom stereocenters. The van der Waals surface area contributed by atoms with E-state index >= 15 is 0 Å². The molecule has 0 fully saturated rings. The second kappa shape index (κ2) is 7.38. The molecule has 0 saturated heterocycles. The van der Waals surface area contributed by atoms with Gasteiger partial charge in [-0.1, -0.05) is 23.8 Å². The summed E-state index contributed by atoms with van der Waals surface area (Å²) < 4.78 is 0. The fourth-order valence-corrected chi connectivity index (χ4v) is 2.75. The maximum Gasteiger partial charge on any atom is 0.171 e. The standard InChI is InChI=1S/C19H22N2OS/c1-12-5-6-13(2)18(11-12)14(3)20-19(23)21-17-9-7-16(8-10-17)15(4)22/h5-11,14H,1-4H3,(H2,20,21,23)/t14-/m0/s1. The van der Waals surface area contributed by atoms with Gasteiger partial charge in [-0.25, -0.2) is 0 Å². The summed E-state index contributed by atoms with van der Waals surface area (Å²) in [7, 11) is 0. The van der Waals surface area contributed by atoms with Gasteiger partial charge in [0.15, 0.2) is 10.9 Å². The number of hydrogen-bond donors (Lipinski definition) is 2. The Morgan fingerprint density at radius 2 is 1.74 bits per heavy atom. The molecule has 0 aliphatic heterocycles. The van der Waals surface area contributed by atoms with Crippen molar-refractivity contribution in [1.29, 1.82) is 0 Å². The first kappa shape index (κ1) is 17.2. The zero-order chi connectivity index (χ0) is 17.0. The quantitative estimate of drug-likeness (QED) is 0.639. The molecule has 0 saturated carbocycles. The number of carbonyl (C=O) groups excluding carboxylic acids is 1. The lowest BCUT2D eigenvalue weighted by molar-refractivity contribution is 0.101. The highest BCUT2D eigenvalue weighted by molar-refractivity contribution is 7.80. The van der Waals surface area contributed by atoms with Crippen LogP contribution in [0.4, 0.5) is 5.69 Å². The smallest absolute Gasteiger partial charge is 0.171 e. The van der Waals surface area contributed by atoms with Gasteiger partial charge >= 0.3 is 0 Å². The Balaban J connectivity index is 2.01. The molecule has 0 aliphatic rings. The van der Waals surface area contributed by atoms with Crippen LogP contribution in [-0.2, 0) is 0 Å². The highest BCUT2D eigenvalue weighted by Crippen LogP contribution is 2.19. The maximum absolute atomic E-state index is 11.3. The first-order valence-electron chi connectivity index (χ1n) is 7.62. The van der Waals surface area contributed by atoms with Crippen molar-refractivity contribution in [2.24, 2.45) is 0 Å². The Labute approximate surface area is 143 Å². The normalized spacial score (nSPS) is 11.7. The third-order valence-corrected chi connectivity index (χ3v) is 4.02. The molecular weight excluding hydrogens is 304 g/mol. The van der Waals surface area contributed by atoms with E-state index in [1.807, 2.05) is 12.1 Å². The van der Waals surface area contributed by atoms with Gasteiger partial charge in [-0.3, -0.25) is 4.79 Å². The Bertz CT molecular complexity index is 723. The summed E-state index contributed by atoms with van der Waals surface area (Å²) in [5.41, 5.74) is 5.27. The molecule has 2 aromatic rings. The molecule has 0 aliphatic carbocycles. The van der Waals surface area contributed by atoms with Gasteiger partial charge in [-0.05, 0) is 75.3 Å². The first-order valence-corrected chi connectivity index (χ1v) is 8.03. The fraction of sp³-hybridized carbons (Fsp3) is 0.263. The van der Waals surface area contributed by atoms with Gasteiger partial charge in [0.1, 0.15) is 0 Å². The molecule has 0 aromatic heterocycles. The van der Waals surface area contributed by atoms with E-state index in [9.17, 15) is 4.79 Å².